The minimum atomic E-state index is -0.331. The highest BCUT2D eigenvalue weighted by Gasteiger charge is 2.13. The van der Waals surface area contributed by atoms with Crippen LogP contribution in [0.1, 0.15) is 16.6 Å². The van der Waals surface area contributed by atoms with Gasteiger partial charge in [0.1, 0.15) is 5.82 Å². The summed E-state index contributed by atoms with van der Waals surface area (Å²) in [4.78, 5) is 17.6. The van der Waals surface area contributed by atoms with Gasteiger partial charge in [0.25, 0.3) is 5.91 Å². The molecule has 2 aromatic heterocycles. The third kappa shape index (κ3) is 3.66. The number of carbonyl (C=O) groups is 1. The van der Waals surface area contributed by atoms with Gasteiger partial charge in [-0.05, 0) is 47.1 Å². The number of benzene rings is 1. The predicted octanol–water partition coefficient (Wildman–Crippen LogP) is 4.44. The van der Waals surface area contributed by atoms with E-state index in [-0.39, 0.29) is 11.7 Å². The van der Waals surface area contributed by atoms with E-state index in [2.05, 4.69) is 20.9 Å². The molecular formula is C16H14BrFN2O2S2. The van der Waals surface area contributed by atoms with E-state index in [1.54, 1.807) is 22.8 Å². The second kappa shape index (κ2) is 7.69. The van der Waals surface area contributed by atoms with Crippen molar-refractivity contribution < 1.29 is 13.9 Å². The third-order valence-corrected chi connectivity index (χ3v) is 5.95. The molecule has 126 valence electrons. The van der Waals surface area contributed by atoms with Crippen LogP contribution in [0.3, 0.4) is 0 Å². The lowest BCUT2D eigenvalue weighted by Gasteiger charge is -2.05. The summed E-state index contributed by atoms with van der Waals surface area (Å²) < 4.78 is 23.0. The van der Waals surface area contributed by atoms with Crippen molar-refractivity contribution in [3.8, 4) is 0 Å². The molecule has 0 saturated heterocycles. The fourth-order valence-corrected chi connectivity index (χ4v) is 4.59. The first-order valence-electron chi connectivity index (χ1n) is 7.30. The van der Waals surface area contributed by atoms with Crippen molar-refractivity contribution in [1.29, 1.82) is 0 Å². The largest absolute Gasteiger partial charge is 0.380 e. The Bertz CT molecular complexity index is 945. The monoisotopic (exact) mass is 428 g/mol. The molecule has 0 fully saturated rings. The van der Waals surface area contributed by atoms with Gasteiger partial charge in [-0.2, -0.15) is 4.99 Å². The average molecular weight is 429 g/mol. The number of amides is 1. The summed E-state index contributed by atoms with van der Waals surface area (Å²) in [6.45, 7) is 3.36. The molecule has 0 aliphatic heterocycles. The standard InChI is InChI=1S/C16H14BrFN2O2S2/c1-2-22-9-8-20-14-10(18)4-3-5-11(14)24-16(20)19-15(21)12-6-7-13(17)23-12/h3-7H,2,8-9H2,1H3. The zero-order chi connectivity index (χ0) is 17.1. The quantitative estimate of drug-likeness (QED) is 0.563. The van der Waals surface area contributed by atoms with Gasteiger partial charge in [-0.3, -0.25) is 4.79 Å². The third-order valence-electron chi connectivity index (χ3n) is 3.30. The number of thiazole rings is 1. The van der Waals surface area contributed by atoms with Gasteiger partial charge in [-0.1, -0.05) is 17.4 Å². The van der Waals surface area contributed by atoms with Crippen LogP contribution in [0.4, 0.5) is 4.39 Å². The number of para-hydroxylation sites is 1. The minimum Gasteiger partial charge on any atom is -0.380 e. The van der Waals surface area contributed by atoms with Crippen LogP contribution in [-0.4, -0.2) is 23.7 Å². The van der Waals surface area contributed by atoms with E-state index in [0.717, 1.165) is 8.49 Å². The van der Waals surface area contributed by atoms with Gasteiger partial charge in [-0.25, -0.2) is 4.39 Å². The number of hydrogen-bond donors (Lipinski definition) is 0. The minimum absolute atomic E-state index is 0.326. The van der Waals surface area contributed by atoms with E-state index in [0.29, 0.717) is 35.0 Å². The second-order valence-corrected chi connectivity index (χ2v) is 8.31. The van der Waals surface area contributed by atoms with Gasteiger partial charge < -0.3 is 9.30 Å². The Morgan fingerprint density at radius 2 is 2.17 bits per heavy atom. The molecule has 0 saturated carbocycles. The van der Waals surface area contributed by atoms with Crippen LogP contribution in [0.25, 0.3) is 10.2 Å². The highest BCUT2D eigenvalue weighted by molar-refractivity contribution is 9.11. The van der Waals surface area contributed by atoms with Crippen LogP contribution in [0.15, 0.2) is 39.1 Å². The number of rotatable bonds is 5. The van der Waals surface area contributed by atoms with Crippen LogP contribution in [0, 0.1) is 5.82 Å². The fourth-order valence-electron chi connectivity index (χ4n) is 2.25. The van der Waals surface area contributed by atoms with Crippen molar-refractivity contribution in [1.82, 2.24) is 4.57 Å². The van der Waals surface area contributed by atoms with Gasteiger partial charge in [0, 0.05) is 13.2 Å². The molecule has 0 unspecified atom stereocenters. The molecule has 3 aromatic rings. The van der Waals surface area contributed by atoms with Crippen LogP contribution >= 0.6 is 38.6 Å². The van der Waals surface area contributed by atoms with E-state index in [4.69, 9.17) is 4.74 Å². The first-order valence-corrected chi connectivity index (χ1v) is 9.72. The molecule has 0 radical (unpaired) electrons. The van der Waals surface area contributed by atoms with E-state index < -0.39 is 0 Å². The van der Waals surface area contributed by atoms with Crippen molar-refractivity contribution in [2.45, 2.75) is 13.5 Å². The van der Waals surface area contributed by atoms with Gasteiger partial charge >= 0.3 is 0 Å². The van der Waals surface area contributed by atoms with Gasteiger partial charge in [0.15, 0.2) is 4.80 Å². The van der Waals surface area contributed by atoms with Gasteiger partial charge in [0.05, 0.1) is 25.5 Å². The molecule has 24 heavy (non-hydrogen) atoms. The van der Waals surface area contributed by atoms with E-state index in [1.807, 2.05) is 13.0 Å². The zero-order valence-electron chi connectivity index (χ0n) is 12.8. The summed E-state index contributed by atoms with van der Waals surface area (Å²) in [5.41, 5.74) is 0.459. The number of thiophene rings is 1. The molecule has 4 nitrogen and oxygen atoms in total. The summed E-state index contributed by atoms with van der Waals surface area (Å²) in [5.74, 6) is -0.657. The molecule has 0 bridgehead atoms. The van der Waals surface area contributed by atoms with Gasteiger partial charge in [0.2, 0.25) is 0 Å². The summed E-state index contributed by atoms with van der Waals surface area (Å²) in [5, 5.41) is 0. The zero-order valence-corrected chi connectivity index (χ0v) is 16.0. The van der Waals surface area contributed by atoms with E-state index >= 15 is 0 Å². The first-order chi connectivity index (χ1) is 11.6. The fraction of sp³-hybridized carbons (Fsp3) is 0.250. The number of hydrogen-bond acceptors (Lipinski definition) is 4. The normalized spacial score (nSPS) is 12.2. The van der Waals surface area contributed by atoms with Crippen LogP contribution in [0.2, 0.25) is 0 Å². The second-order valence-electron chi connectivity index (χ2n) is 4.84. The Morgan fingerprint density at radius 1 is 1.33 bits per heavy atom. The number of nitrogens with zero attached hydrogens (tertiary/aromatic N) is 2. The molecule has 2 heterocycles. The van der Waals surface area contributed by atoms with E-state index in [9.17, 15) is 9.18 Å². The Labute approximate surface area is 154 Å². The SMILES string of the molecule is CCOCCn1c(=NC(=O)c2ccc(Br)s2)sc2cccc(F)c21. The highest BCUT2D eigenvalue weighted by atomic mass is 79.9. The number of carbonyl (C=O) groups excluding carboxylic acids is 1. The molecule has 0 spiro atoms. The number of ether oxygens (including phenoxy) is 1. The van der Waals surface area contributed by atoms with Crippen molar-refractivity contribution in [3.63, 3.8) is 0 Å². The Kier molecular flexibility index (Phi) is 5.60. The first kappa shape index (κ1) is 17.5. The Morgan fingerprint density at radius 3 is 2.88 bits per heavy atom. The lowest BCUT2D eigenvalue weighted by Crippen LogP contribution is -2.20. The maximum absolute atomic E-state index is 14.2. The molecule has 0 N–H and O–H groups in total. The Hall–Kier alpha value is -1.35. The van der Waals surface area contributed by atoms with E-state index in [1.165, 1.54) is 28.7 Å². The van der Waals surface area contributed by atoms with Crippen molar-refractivity contribution >= 4 is 54.7 Å². The van der Waals surface area contributed by atoms with Crippen molar-refractivity contribution in [3.05, 3.63) is 49.6 Å². The molecule has 0 aliphatic rings. The molecule has 1 aromatic carbocycles. The maximum Gasteiger partial charge on any atom is 0.289 e. The Balaban J connectivity index is 2.08. The molecular weight excluding hydrogens is 415 g/mol. The molecule has 8 heteroatoms. The number of aromatic nitrogens is 1. The average Bonchev–Trinajstić information content (AvgIpc) is 3.13. The van der Waals surface area contributed by atoms with Crippen molar-refractivity contribution in [2.75, 3.05) is 13.2 Å². The summed E-state index contributed by atoms with van der Waals surface area (Å²) >= 11 is 5.96. The van der Waals surface area contributed by atoms with Crippen molar-refractivity contribution in [2.24, 2.45) is 4.99 Å². The number of halogens is 2. The molecule has 3 rings (SSSR count). The predicted molar refractivity (Wildman–Crippen MR) is 98.2 cm³/mol. The molecule has 0 atom stereocenters. The highest BCUT2D eigenvalue weighted by Crippen LogP contribution is 2.23. The molecule has 1 amide bonds. The molecule has 0 aliphatic carbocycles. The van der Waals surface area contributed by atoms with Gasteiger partial charge in [-0.15, -0.1) is 11.3 Å². The lowest BCUT2D eigenvalue weighted by atomic mass is 10.3. The summed E-state index contributed by atoms with van der Waals surface area (Å²) in [6.07, 6.45) is 0. The number of fused-ring (bicyclic) bond motifs is 1. The topological polar surface area (TPSA) is 43.6 Å². The summed E-state index contributed by atoms with van der Waals surface area (Å²) in [7, 11) is 0. The van der Waals surface area contributed by atoms with Crippen LogP contribution in [-0.2, 0) is 11.3 Å². The summed E-state index contributed by atoms with van der Waals surface area (Å²) in [6, 6.07) is 8.42. The van der Waals surface area contributed by atoms with Crippen LogP contribution in [0.5, 0.6) is 0 Å². The lowest BCUT2D eigenvalue weighted by molar-refractivity contribution is 0.100. The maximum atomic E-state index is 14.2. The smallest absolute Gasteiger partial charge is 0.289 e. The van der Waals surface area contributed by atoms with Crippen LogP contribution < -0.4 is 4.80 Å².